The third-order valence-electron chi connectivity index (χ3n) is 5.33. The maximum absolute atomic E-state index is 13.5. The summed E-state index contributed by atoms with van der Waals surface area (Å²) in [7, 11) is 3.21. The molecule has 1 aliphatic heterocycles. The quantitative estimate of drug-likeness (QED) is 0.651. The molecule has 0 radical (unpaired) electrons. The number of rotatable bonds is 4. The molecule has 156 valence electrons. The van der Waals surface area contributed by atoms with Gasteiger partial charge in [0.1, 0.15) is 0 Å². The molecule has 1 fully saturated rings. The molecule has 1 saturated heterocycles. The summed E-state index contributed by atoms with van der Waals surface area (Å²) >= 11 is 0. The van der Waals surface area contributed by atoms with Crippen LogP contribution in [0.2, 0.25) is 0 Å². The first-order valence-electron chi connectivity index (χ1n) is 10.1. The highest BCUT2D eigenvalue weighted by molar-refractivity contribution is 6.07. The molecule has 0 spiro atoms. The predicted molar refractivity (Wildman–Crippen MR) is 116 cm³/mol. The molecule has 4 rings (SSSR count). The number of pyridine rings is 1. The Bertz CT molecular complexity index is 1070. The van der Waals surface area contributed by atoms with Crippen LogP contribution in [-0.2, 0) is 4.74 Å². The van der Waals surface area contributed by atoms with Gasteiger partial charge in [0.2, 0.25) is 0 Å². The average Bonchev–Trinajstić information content (AvgIpc) is 2.76. The Morgan fingerprint density at radius 1 is 1.00 bits per heavy atom. The van der Waals surface area contributed by atoms with E-state index in [0.717, 1.165) is 16.5 Å². The van der Waals surface area contributed by atoms with Gasteiger partial charge in [-0.3, -0.25) is 4.79 Å². The normalized spacial score (nSPS) is 19.0. The van der Waals surface area contributed by atoms with Gasteiger partial charge in [0.05, 0.1) is 43.2 Å². The average molecular weight is 406 g/mol. The Balaban J connectivity index is 1.81. The molecule has 1 amide bonds. The van der Waals surface area contributed by atoms with E-state index in [2.05, 4.69) is 0 Å². The summed E-state index contributed by atoms with van der Waals surface area (Å²) in [6, 6.07) is 15.3. The topological polar surface area (TPSA) is 60.9 Å². The van der Waals surface area contributed by atoms with Crippen LogP contribution in [0.25, 0.3) is 22.2 Å². The van der Waals surface area contributed by atoms with E-state index in [9.17, 15) is 4.79 Å². The zero-order chi connectivity index (χ0) is 21.3. The number of morpholine rings is 1. The smallest absolute Gasteiger partial charge is 0.254 e. The maximum Gasteiger partial charge on any atom is 0.254 e. The Morgan fingerprint density at radius 2 is 1.70 bits per heavy atom. The second-order valence-corrected chi connectivity index (χ2v) is 7.61. The Labute approximate surface area is 176 Å². The molecule has 0 saturated carbocycles. The lowest BCUT2D eigenvalue weighted by atomic mass is 10.0. The highest BCUT2D eigenvalue weighted by atomic mass is 16.5. The predicted octanol–water partition coefficient (Wildman–Crippen LogP) is 4.17. The van der Waals surface area contributed by atoms with Gasteiger partial charge in [-0.25, -0.2) is 4.98 Å². The summed E-state index contributed by atoms with van der Waals surface area (Å²) in [5, 5.41) is 0.846. The molecule has 2 aromatic carbocycles. The molecule has 0 N–H and O–H groups in total. The summed E-state index contributed by atoms with van der Waals surface area (Å²) in [4.78, 5) is 20.2. The molecule has 1 aliphatic rings. The summed E-state index contributed by atoms with van der Waals surface area (Å²) in [6.07, 6.45) is 0.0206. The monoisotopic (exact) mass is 406 g/mol. The second-order valence-electron chi connectivity index (χ2n) is 7.61. The van der Waals surface area contributed by atoms with Crippen LogP contribution in [0.15, 0.2) is 48.5 Å². The van der Waals surface area contributed by atoms with Crippen molar-refractivity contribution in [2.45, 2.75) is 26.1 Å². The standard InChI is InChI=1S/C24H26N2O4/c1-15-13-26(14-16(2)30-15)24(27)19-12-21(25-20-8-6-5-7-18(19)20)17-9-10-22(28-3)23(11-17)29-4/h5-12,15-16H,13-14H2,1-4H3. The number of ether oxygens (including phenoxy) is 3. The lowest BCUT2D eigenvalue weighted by molar-refractivity contribution is -0.0585. The van der Waals surface area contributed by atoms with Crippen molar-refractivity contribution in [3.8, 4) is 22.8 Å². The van der Waals surface area contributed by atoms with Gasteiger partial charge in [-0.1, -0.05) is 18.2 Å². The minimum absolute atomic E-state index is 0.00248. The third-order valence-corrected chi connectivity index (χ3v) is 5.33. The van der Waals surface area contributed by atoms with Crippen molar-refractivity contribution in [3.63, 3.8) is 0 Å². The number of hydrogen-bond acceptors (Lipinski definition) is 5. The molecular weight excluding hydrogens is 380 g/mol. The van der Waals surface area contributed by atoms with Crippen LogP contribution in [0.5, 0.6) is 11.5 Å². The zero-order valence-corrected chi connectivity index (χ0v) is 17.7. The first-order chi connectivity index (χ1) is 14.5. The van der Waals surface area contributed by atoms with E-state index < -0.39 is 0 Å². The summed E-state index contributed by atoms with van der Waals surface area (Å²) < 4.78 is 16.6. The van der Waals surface area contributed by atoms with Gasteiger partial charge in [0.15, 0.2) is 11.5 Å². The fourth-order valence-electron chi connectivity index (χ4n) is 4.01. The van der Waals surface area contributed by atoms with E-state index in [0.29, 0.717) is 35.8 Å². The minimum atomic E-state index is -0.00248. The number of nitrogens with zero attached hydrogens (tertiary/aromatic N) is 2. The molecule has 0 bridgehead atoms. The molecular formula is C24H26N2O4. The lowest BCUT2D eigenvalue weighted by Gasteiger charge is -2.35. The van der Waals surface area contributed by atoms with E-state index in [1.54, 1.807) is 14.2 Å². The molecule has 3 aromatic rings. The van der Waals surface area contributed by atoms with Crippen molar-refractivity contribution in [1.82, 2.24) is 9.88 Å². The van der Waals surface area contributed by atoms with Crippen LogP contribution >= 0.6 is 0 Å². The molecule has 0 aliphatic carbocycles. The number of hydrogen-bond donors (Lipinski definition) is 0. The van der Waals surface area contributed by atoms with Crippen molar-refractivity contribution < 1.29 is 19.0 Å². The highest BCUT2D eigenvalue weighted by Gasteiger charge is 2.28. The number of para-hydroxylation sites is 1. The van der Waals surface area contributed by atoms with E-state index >= 15 is 0 Å². The SMILES string of the molecule is COc1ccc(-c2cc(C(=O)N3CC(C)OC(C)C3)c3ccccc3n2)cc1OC. The largest absolute Gasteiger partial charge is 0.493 e. The fourth-order valence-corrected chi connectivity index (χ4v) is 4.01. The number of carbonyl (C=O) groups excluding carboxylic acids is 1. The van der Waals surface area contributed by atoms with Gasteiger partial charge in [-0.05, 0) is 44.2 Å². The number of fused-ring (bicyclic) bond motifs is 1. The summed E-state index contributed by atoms with van der Waals surface area (Å²) in [5.41, 5.74) is 3.00. The van der Waals surface area contributed by atoms with E-state index in [1.807, 2.05) is 67.3 Å². The maximum atomic E-state index is 13.5. The molecule has 2 unspecified atom stereocenters. The van der Waals surface area contributed by atoms with Crippen LogP contribution in [0.3, 0.4) is 0 Å². The van der Waals surface area contributed by atoms with Gasteiger partial charge >= 0.3 is 0 Å². The van der Waals surface area contributed by atoms with Crippen LogP contribution in [-0.4, -0.2) is 55.3 Å². The highest BCUT2D eigenvalue weighted by Crippen LogP contribution is 2.33. The Kier molecular flexibility index (Phi) is 5.59. The van der Waals surface area contributed by atoms with Gasteiger partial charge in [0, 0.05) is 24.0 Å². The van der Waals surface area contributed by atoms with Crippen molar-refractivity contribution in [2.75, 3.05) is 27.3 Å². The Morgan fingerprint density at radius 3 is 2.40 bits per heavy atom. The van der Waals surface area contributed by atoms with Crippen LogP contribution in [0.1, 0.15) is 24.2 Å². The van der Waals surface area contributed by atoms with Gasteiger partial charge < -0.3 is 19.1 Å². The van der Waals surface area contributed by atoms with Crippen LogP contribution in [0, 0.1) is 0 Å². The molecule has 2 atom stereocenters. The fraction of sp³-hybridized carbons (Fsp3) is 0.333. The second kappa shape index (κ2) is 8.32. The van der Waals surface area contributed by atoms with Gasteiger partial charge in [-0.15, -0.1) is 0 Å². The zero-order valence-electron chi connectivity index (χ0n) is 17.7. The first-order valence-corrected chi connectivity index (χ1v) is 10.1. The van der Waals surface area contributed by atoms with Crippen molar-refractivity contribution >= 4 is 16.8 Å². The van der Waals surface area contributed by atoms with E-state index in [4.69, 9.17) is 19.2 Å². The van der Waals surface area contributed by atoms with Gasteiger partial charge in [-0.2, -0.15) is 0 Å². The van der Waals surface area contributed by atoms with Crippen molar-refractivity contribution in [3.05, 3.63) is 54.1 Å². The number of benzene rings is 2. The molecule has 1 aromatic heterocycles. The summed E-state index contributed by atoms with van der Waals surface area (Å²) in [6.45, 7) is 5.14. The Hall–Kier alpha value is -3.12. The lowest BCUT2D eigenvalue weighted by Crippen LogP contribution is -2.48. The van der Waals surface area contributed by atoms with E-state index in [1.165, 1.54) is 0 Å². The number of methoxy groups -OCH3 is 2. The number of carbonyl (C=O) groups is 1. The molecule has 6 nitrogen and oxygen atoms in total. The van der Waals surface area contributed by atoms with Crippen molar-refractivity contribution in [2.24, 2.45) is 0 Å². The van der Waals surface area contributed by atoms with Gasteiger partial charge in [0.25, 0.3) is 5.91 Å². The summed E-state index contributed by atoms with van der Waals surface area (Å²) in [5.74, 6) is 1.26. The molecule has 2 heterocycles. The van der Waals surface area contributed by atoms with Crippen LogP contribution in [0.4, 0.5) is 0 Å². The van der Waals surface area contributed by atoms with Crippen molar-refractivity contribution in [1.29, 1.82) is 0 Å². The number of aromatic nitrogens is 1. The van der Waals surface area contributed by atoms with E-state index in [-0.39, 0.29) is 18.1 Å². The molecule has 30 heavy (non-hydrogen) atoms. The third kappa shape index (κ3) is 3.83. The molecule has 6 heteroatoms. The van der Waals surface area contributed by atoms with Crippen LogP contribution < -0.4 is 9.47 Å². The first kappa shape index (κ1) is 20.2. The minimum Gasteiger partial charge on any atom is -0.493 e. The number of amides is 1.